The standard InChI is InChI=1S/C26H32FN5O4/c1-26(2,3)36-25(35)29-20(23(33)32-18(11-28)8-16-9-21(16)32)14-30-13-19-10-22(30)24(34)31(19)12-15-5-4-6-17(27)7-15/h4-7,16,18-22H,8-10,12-14H2,1-3H3,(H,29,35)/t16-,18?,19+,20?,21+,22+/m1/s1. The molecule has 1 aromatic rings. The van der Waals surface area contributed by atoms with E-state index in [0.717, 1.165) is 12.0 Å². The molecule has 192 valence electrons. The first-order valence-corrected chi connectivity index (χ1v) is 12.5. The Labute approximate surface area is 210 Å². The van der Waals surface area contributed by atoms with Crippen LogP contribution in [-0.4, -0.2) is 81.5 Å². The number of nitrogens with zero attached hydrogens (tertiary/aromatic N) is 4. The molecule has 4 fully saturated rings. The second kappa shape index (κ2) is 9.04. The molecule has 0 spiro atoms. The number of piperazine rings is 1. The average Bonchev–Trinajstić information content (AvgIpc) is 3.13. The van der Waals surface area contributed by atoms with Crippen molar-refractivity contribution in [3.63, 3.8) is 0 Å². The number of benzene rings is 1. The molecule has 1 aromatic carbocycles. The van der Waals surface area contributed by atoms with Crippen LogP contribution in [0.4, 0.5) is 9.18 Å². The van der Waals surface area contributed by atoms with Crippen molar-refractivity contribution in [3.8, 4) is 6.07 Å². The van der Waals surface area contributed by atoms with Gasteiger partial charge in [0.15, 0.2) is 0 Å². The Morgan fingerprint density at radius 1 is 1.28 bits per heavy atom. The Balaban J connectivity index is 1.29. The van der Waals surface area contributed by atoms with E-state index >= 15 is 0 Å². The van der Waals surface area contributed by atoms with Gasteiger partial charge in [-0.05, 0) is 63.6 Å². The molecule has 3 aliphatic heterocycles. The molecule has 1 aliphatic carbocycles. The van der Waals surface area contributed by atoms with Gasteiger partial charge in [0, 0.05) is 31.7 Å². The van der Waals surface area contributed by atoms with Gasteiger partial charge in [0.05, 0.1) is 12.1 Å². The third-order valence-electron chi connectivity index (χ3n) is 7.55. The van der Waals surface area contributed by atoms with Crippen LogP contribution in [-0.2, 0) is 20.9 Å². The zero-order valence-corrected chi connectivity index (χ0v) is 20.8. The molecule has 2 unspecified atom stereocenters. The molecule has 0 aromatic heterocycles. The third-order valence-corrected chi connectivity index (χ3v) is 7.55. The van der Waals surface area contributed by atoms with Crippen LogP contribution in [0.5, 0.6) is 0 Å². The molecule has 4 aliphatic rings. The van der Waals surface area contributed by atoms with Gasteiger partial charge in [-0.25, -0.2) is 9.18 Å². The number of nitriles is 1. The maximum absolute atomic E-state index is 13.6. The maximum atomic E-state index is 13.6. The molecule has 36 heavy (non-hydrogen) atoms. The molecule has 1 saturated carbocycles. The van der Waals surface area contributed by atoms with Crippen molar-refractivity contribution in [2.24, 2.45) is 5.92 Å². The monoisotopic (exact) mass is 497 g/mol. The number of likely N-dealkylation sites (tertiary alicyclic amines) is 3. The lowest BCUT2D eigenvalue weighted by Crippen LogP contribution is -2.59. The average molecular weight is 498 g/mol. The summed E-state index contributed by atoms with van der Waals surface area (Å²) < 4.78 is 19.0. The molecule has 9 nitrogen and oxygen atoms in total. The summed E-state index contributed by atoms with van der Waals surface area (Å²) in [5.41, 5.74) is 0.0000133. The van der Waals surface area contributed by atoms with Gasteiger partial charge >= 0.3 is 6.09 Å². The Morgan fingerprint density at radius 2 is 2.06 bits per heavy atom. The summed E-state index contributed by atoms with van der Waals surface area (Å²) in [6.45, 7) is 6.29. The second-order valence-corrected chi connectivity index (χ2v) is 11.3. The van der Waals surface area contributed by atoms with Crippen LogP contribution in [0.15, 0.2) is 24.3 Å². The summed E-state index contributed by atoms with van der Waals surface area (Å²) in [4.78, 5) is 44.8. The van der Waals surface area contributed by atoms with Crippen molar-refractivity contribution < 1.29 is 23.5 Å². The van der Waals surface area contributed by atoms with Crippen LogP contribution in [0, 0.1) is 23.1 Å². The molecule has 5 rings (SSSR count). The zero-order chi connectivity index (χ0) is 25.8. The van der Waals surface area contributed by atoms with Crippen LogP contribution in [0.25, 0.3) is 0 Å². The van der Waals surface area contributed by atoms with Gasteiger partial charge in [-0.1, -0.05) is 12.1 Å². The van der Waals surface area contributed by atoms with Crippen LogP contribution >= 0.6 is 0 Å². The number of piperidine rings is 1. The van der Waals surface area contributed by atoms with Crippen LogP contribution < -0.4 is 5.32 Å². The first-order valence-electron chi connectivity index (χ1n) is 12.5. The van der Waals surface area contributed by atoms with E-state index in [2.05, 4.69) is 11.4 Å². The minimum absolute atomic E-state index is 0.0449. The SMILES string of the molecule is CC(C)(C)OC(=O)NC(CN1C[C@@H]2C[C@H]1C(=O)N2Cc1cccc(F)c1)C(=O)N1C(C#N)C[C@@H]2C[C@@H]21. The highest BCUT2D eigenvalue weighted by molar-refractivity contribution is 5.88. The van der Waals surface area contributed by atoms with E-state index in [-0.39, 0.29) is 36.3 Å². The number of alkyl carbamates (subject to hydrolysis) is 1. The predicted molar refractivity (Wildman–Crippen MR) is 127 cm³/mol. The zero-order valence-electron chi connectivity index (χ0n) is 20.8. The van der Waals surface area contributed by atoms with E-state index in [4.69, 9.17) is 4.74 Å². The fourth-order valence-corrected chi connectivity index (χ4v) is 5.91. The van der Waals surface area contributed by atoms with Crippen molar-refractivity contribution in [2.45, 2.75) is 82.4 Å². The number of hydrogen-bond donors (Lipinski definition) is 1. The Kier molecular flexibility index (Phi) is 6.15. The largest absolute Gasteiger partial charge is 0.444 e. The highest BCUT2D eigenvalue weighted by atomic mass is 19.1. The molecule has 0 radical (unpaired) electrons. The molecule has 3 heterocycles. The molecule has 6 atom stereocenters. The molecule has 1 N–H and O–H groups in total. The molecule has 2 bridgehead atoms. The third kappa shape index (κ3) is 4.76. The second-order valence-electron chi connectivity index (χ2n) is 11.3. The summed E-state index contributed by atoms with van der Waals surface area (Å²) in [5, 5.41) is 12.3. The quantitative estimate of drug-likeness (QED) is 0.645. The van der Waals surface area contributed by atoms with Crippen molar-refractivity contribution in [1.29, 1.82) is 5.26 Å². The van der Waals surface area contributed by atoms with E-state index in [1.807, 2.05) is 4.90 Å². The molecule has 3 amide bonds. The number of carbonyl (C=O) groups excluding carboxylic acids is 3. The summed E-state index contributed by atoms with van der Waals surface area (Å²) in [7, 11) is 0. The molecule has 10 heteroatoms. The first-order chi connectivity index (χ1) is 17.0. The van der Waals surface area contributed by atoms with Gasteiger partial charge in [0.1, 0.15) is 23.5 Å². The molecule has 3 saturated heterocycles. The lowest BCUT2D eigenvalue weighted by Gasteiger charge is -2.36. The maximum Gasteiger partial charge on any atom is 0.408 e. The highest BCUT2D eigenvalue weighted by Crippen LogP contribution is 2.48. The Bertz CT molecular complexity index is 1110. The van der Waals surface area contributed by atoms with E-state index in [0.29, 0.717) is 31.8 Å². The van der Waals surface area contributed by atoms with Gasteiger partial charge in [-0.3, -0.25) is 14.5 Å². The van der Waals surface area contributed by atoms with E-state index in [1.165, 1.54) is 12.1 Å². The predicted octanol–water partition coefficient (Wildman–Crippen LogP) is 2.02. The van der Waals surface area contributed by atoms with Crippen molar-refractivity contribution in [3.05, 3.63) is 35.6 Å². The van der Waals surface area contributed by atoms with Crippen LogP contribution in [0.2, 0.25) is 0 Å². The number of halogens is 1. The van der Waals surface area contributed by atoms with E-state index in [1.54, 1.807) is 42.7 Å². The lowest BCUT2D eigenvalue weighted by atomic mass is 10.1. The summed E-state index contributed by atoms with van der Waals surface area (Å²) in [6, 6.07) is 6.62. The van der Waals surface area contributed by atoms with E-state index in [9.17, 15) is 24.0 Å². The van der Waals surface area contributed by atoms with Gasteiger partial charge in [0.2, 0.25) is 11.8 Å². The molecular weight excluding hydrogens is 465 g/mol. The van der Waals surface area contributed by atoms with Crippen molar-refractivity contribution in [2.75, 3.05) is 13.1 Å². The highest BCUT2D eigenvalue weighted by Gasteiger charge is 2.56. The number of rotatable bonds is 6. The Hall–Kier alpha value is -3.19. The minimum atomic E-state index is -0.932. The number of ether oxygens (including phenoxy) is 1. The van der Waals surface area contributed by atoms with E-state index < -0.39 is 29.8 Å². The summed E-state index contributed by atoms with van der Waals surface area (Å²) >= 11 is 0. The van der Waals surface area contributed by atoms with Gasteiger partial charge in [0.25, 0.3) is 0 Å². The van der Waals surface area contributed by atoms with Crippen molar-refractivity contribution >= 4 is 17.9 Å². The number of carbonyl (C=O) groups is 3. The Morgan fingerprint density at radius 3 is 2.72 bits per heavy atom. The smallest absolute Gasteiger partial charge is 0.408 e. The fraction of sp³-hybridized carbons (Fsp3) is 0.615. The van der Waals surface area contributed by atoms with Crippen LogP contribution in [0.1, 0.15) is 45.6 Å². The number of amides is 3. The number of nitrogens with one attached hydrogen (secondary N) is 1. The fourth-order valence-electron chi connectivity index (χ4n) is 5.91. The number of fused-ring (bicyclic) bond motifs is 3. The first kappa shape index (κ1) is 24.5. The minimum Gasteiger partial charge on any atom is -0.444 e. The number of hydrogen-bond acceptors (Lipinski definition) is 6. The van der Waals surface area contributed by atoms with Gasteiger partial charge in [-0.15, -0.1) is 0 Å². The van der Waals surface area contributed by atoms with Gasteiger partial charge in [-0.2, -0.15) is 5.26 Å². The lowest BCUT2D eigenvalue weighted by molar-refractivity contribution is -0.140. The normalized spacial score (nSPS) is 29.6. The molecular formula is C26H32FN5O4. The van der Waals surface area contributed by atoms with Gasteiger partial charge < -0.3 is 19.9 Å². The topological polar surface area (TPSA) is 106 Å². The summed E-state index contributed by atoms with van der Waals surface area (Å²) in [6.07, 6.45) is 1.46. The van der Waals surface area contributed by atoms with Crippen molar-refractivity contribution in [1.82, 2.24) is 20.0 Å². The van der Waals surface area contributed by atoms with Crippen LogP contribution in [0.3, 0.4) is 0 Å². The summed E-state index contributed by atoms with van der Waals surface area (Å²) in [5.74, 6) is -0.348.